The molecule has 1 N–H and O–H groups in total. The number of benzene rings is 1. The number of nitrogens with zero attached hydrogens (tertiary/aromatic N) is 3. The maximum absolute atomic E-state index is 13.6. The first kappa shape index (κ1) is 16.4. The number of amides is 1. The zero-order valence-electron chi connectivity index (χ0n) is 13.7. The van der Waals surface area contributed by atoms with Gasteiger partial charge in [-0.05, 0) is 37.8 Å². The van der Waals surface area contributed by atoms with Gasteiger partial charge in [0.15, 0.2) is 0 Å². The maximum Gasteiger partial charge on any atom is 0.257 e. The van der Waals surface area contributed by atoms with E-state index in [2.05, 4.69) is 22.2 Å². The Morgan fingerprint density at radius 3 is 2.75 bits per heavy atom. The van der Waals surface area contributed by atoms with Gasteiger partial charge in [-0.3, -0.25) is 4.79 Å². The second kappa shape index (κ2) is 7.38. The van der Waals surface area contributed by atoms with E-state index in [1.807, 2.05) is 4.90 Å². The Morgan fingerprint density at radius 1 is 1.29 bits per heavy atom. The van der Waals surface area contributed by atoms with Crippen molar-refractivity contribution in [2.24, 2.45) is 0 Å². The molecule has 5 nitrogen and oxygen atoms in total. The summed E-state index contributed by atoms with van der Waals surface area (Å²) in [6, 6.07) is 6.61. The molecule has 2 heterocycles. The van der Waals surface area contributed by atoms with Gasteiger partial charge in [0.2, 0.25) is 5.95 Å². The van der Waals surface area contributed by atoms with Gasteiger partial charge in [-0.1, -0.05) is 19.1 Å². The molecule has 0 aliphatic carbocycles. The number of carbonyl (C=O) groups is 1. The van der Waals surface area contributed by atoms with Gasteiger partial charge in [0.1, 0.15) is 5.82 Å². The number of rotatable bonds is 4. The fourth-order valence-electron chi connectivity index (χ4n) is 3.04. The third-order valence-electron chi connectivity index (χ3n) is 4.38. The molecular formula is C18H21FN4O. The Labute approximate surface area is 140 Å². The Morgan fingerprint density at radius 2 is 2.04 bits per heavy atom. The average Bonchev–Trinajstić information content (AvgIpc) is 2.63. The second-order valence-corrected chi connectivity index (χ2v) is 5.96. The fourth-order valence-corrected chi connectivity index (χ4v) is 3.04. The number of likely N-dealkylation sites (tertiary alicyclic amines) is 1. The van der Waals surface area contributed by atoms with Crippen molar-refractivity contribution in [1.29, 1.82) is 0 Å². The van der Waals surface area contributed by atoms with Crippen LogP contribution in [0.3, 0.4) is 0 Å². The predicted molar refractivity (Wildman–Crippen MR) is 90.7 cm³/mol. The molecule has 1 unspecified atom stereocenters. The first-order valence-corrected chi connectivity index (χ1v) is 8.33. The molecule has 1 aromatic heterocycles. The van der Waals surface area contributed by atoms with Gasteiger partial charge in [0, 0.05) is 25.0 Å². The zero-order valence-corrected chi connectivity index (χ0v) is 13.7. The maximum atomic E-state index is 13.6. The monoisotopic (exact) mass is 328 g/mol. The molecule has 126 valence electrons. The molecule has 1 aliphatic heterocycles. The van der Waals surface area contributed by atoms with Crippen LogP contribution in [0.25, 0.3) is 0 Å². The number of piperidine rings is 1. The molecule has 3 rings (SSSR count). The Hall–Kier alpha value is -2.50. The summed E-state index contributed by atoms with van der Waals surface area (Å²) in [6.45, 7) is 2.89. The van der Waals surface area contributed by atoms with Gasteiger partial charge in [-0.25, -0.2) is 14.4 Å². The predicted octanol–water partition coefficient (Wildman–Crippen LogP) is 3.76. The van der Waals surface area contributed by atoms with Crippen molar-refractivity contribution in [3.63, 3.8) is 0 Å². The highest BCUT2D eigenvalue weighted by atomic mass is 19.1. The number of aromatic nitrogens is 2. The molecule has 0 saturated carbocycles. The number of carbonyl (C=O) groups excluding carboxylic acids is 1. The molecule has 1 amide bonds. The Kier molecular flexibility index (Phi) is 5.03. The smallest absolute Gasteiger partial charge is 0.257 e. The van der Waals surface area contributed by atoms with Gasteiger partial charge >= 0.3 is 0 Å². The minimum absolute atomic E-state index is 0.0287. The van der Waals surface area contributed by atoms with Crippen molar-refractivity contribution in [1.82, 2.24) is 14.9 Å². The third-order valence-corrected chi connectivity index (χ3v) is 4.38. The summed E-state index contributed by atoms with van der Waals surface area (Å²) in [7, 11) is 0. The first-order chi connectivity index (χ1) is 11.7. The number of para-hydroxylation sites is 1. The molecule has 1 aromatic carbocycles. The summed E-state index contributed by atoms with van der Waals surface area (Å²) in [5.74, 6) is -0.137. The van der Waals surface area contributed by atoms with Crippen LogP contribution in [-0.2, 0) is 0 Å². The van der Waals surface area contributed by atoms with Crippen molar-refractivity contribution in [2.75, 3.05) is 11.9 Å². The largest absolute Gasteiger partial charge is 0.336 e. The summed E-state index contributed by atoms with van der Waals surface area (Å²) >= 11 is 0. The van der Waals surface area contributed by atoms with E-state index >= 15 is 0 Å². The molecule has 1 aliphatic rings. The van der Waals surface area contributed by atoms with Gasteiger partial charge in [0.25, 0.3) is 5.91 Å². The highest BCUT2D eigenvalue weighted by molar-refractivity contribution is 5.94. The molecular weight excluding hydrogens is 307 g/mol. The van der Waals surface area contributed by atoms with Crippen LogP contribution < -0.4 is 5.32 Å². The number of nitrogens with one attached hydrogen (secondary N) is 1. The standard InChI is InChI=1S/C18H21FN4O/c1-2-14-7-5-6-10-23(14)17(24)13-11-20-18(21-12-13)22-16-9-4-3-8-15(16)19/h3-4,8-9,11-12,14H,2,5-7,10H2,1H3,(H,20,21,22). The van der Waals surface area contributed by atoms with Crippen LogP contribution in [0.1, 0.15) is 43.0 Å². The van der Waals surface area contributed by atoms with Gasteiger partial charge in [0.05, 0.1) is 11.3 Å². The zero-order chi connectivity index (χ0) is 16.9. The van der Waals surface area contributed by atoms with E-state index in [0.29, 0.717) is 17.3 Å². The lowest BCUT2D eigenvalue weighted by molar-refractivity contribution is 0.0607. The first-order valence-electron chi connectivity index (χ1n) is 8.33. The van der Waals surface area contributed by atoms with Gasteiger partial charge in [-0.15, -0.1) is 0 Å². The SMILES string of the molecule is CCC1CCCCN1C(=O)c1cnc(Nc2ccccc2F)nc1. The average molecular weight is 328 g/mol. The van der Waals surface area contributed by atoms with Crippen LogP contribution in [0.2, 0.25) is 0 Å². The fraction of sp³-hybridized carbons (Fsp3) is 0.389. The van der Waals surface area contributed by atoms with Crippen molar-refractivity contribution >= 4 is 17.5 Å². The van der Waals surface area contributed by atoms with E-state index in [1.165, 1.54) is 24.9 Å². The normalized spacial score (nSPS) is 17.6. The van der Waals surface area contributed by atoms with Crippen molar-refractivity contribution in [2.45, 2.75) is 38.6 Å². The highest BCUT2D eigenvalue weighted by Gasteiger charge is 2.26. The molecule has 2 aromatic rings. The summed E-state index contributed by atoms with van der Waals surface area (Å²) in [5, 5.41) is 2.82. The number of hydrogen-bond acceptors (Lipinski definition) is 4. The third kappa shape index (κ3) is 3.53. The topological polar surface area (TPSA) is 58.1 Å². The van der Waals surface area contributed by atoms with Gasteiger partial charge in [-0.2, -0.15) is 0 Å². The van der Waals surface area contributed by atoms with Crippen LogP contribution in [0.15, 0.2) is 36.7 Å². The van der Waals surface area contributed by atoms with Crippen LogP contribution in [0.4, 0.5) is 16.0 Å². The van der Waals surface area contributed by atoms with Crippen LogP contribution in [0.5, 0.6) is 0 Å². The Bertz CT molecular complexity index is 704. The summed E-state index contributed by atoms with van der Waals surface area (Å²) < 4.78 is 13.6. The van der Waals surface area contributed by atoms with E-state index in [-0.39, 0.29) is 17.7 Å². The van der Waals surface area contributed by atoms with Crippen molar-refractivity contribution in [3.8, 4) is 0 Å². The minimum Gasteiger partial charge on any atom is -0.336 e. The van der Waals surface area contributed by atoms with Crippen LogP contribution in [-0.4, -0.2) is 33.4 Å². The molecule has 0 spiro atoms. The molecule has 1 fully saturated rings. The van der Waals surface area contributed by atoms with E-state index in [4.69, 9.17) is 0 Å². The lowest BCUT2D eigenvalue weighted by atomic mass is 9.99. The van der Waals surface area contributed by atoms with Crippen LogP contribution in [0, 0.1) is 5.82 Å². The quantitative estimate of drug-likeness (QED) is 0.928. The van der Waals surface area contributed by atoms with Crippen molar-refractivity contribution < 1.29 is 9.18 Å². The lowest BCUT2D eigenvalue weighted by Gasteiger charge is -2.35. The number of anilines is 2. The molecule has 0 bridgehead atoms. The minimum atomic E-state index is -0.375. The lowest BCUT2D eigenvalue weighted by Crippen LogP contribution is -2.43. The summed E-state index contributed by atoms with van der Waals surface area (Å²) in [4.78, 5) is 22.9. The molecule has 0 radical (unpaired) electrons. The summed E-state index contributed by atoms with van der Waals surface area (Å²) in [6.07, 6.45) is 7.22. The van der Waals surface area contributed by atoms with E-state index in [1.54, 1.807) is 18.2 Å². The van der Waals surface area contributed by atoms with Gasteiger partial charge < -0.3 is 10.2 Å². The number of hydrogen-bond donors (Lipinski definition) is 1. The molecule has 1 saturated heterocycles. The summed E-state index contributed by atoms with van der Waals surface area (Å²) in [5.41, 5.74) is 0.771. The van der Waals surface area contributed by atoms with E-state index in [9.17, 15) is 9.18 Å². The molecule has 1 atom stereocenters. The van der Waals surface area contributed by atoms with Crippen molar-refractivity contribution in [3.05, 3.63) is 48.0 Å². The highest BCUT2D eigenvalue weighted by Crippen LogP contribution is 2.22. The Balaban J connectivity index is 1.72. The number of halogens is 1. The molecule has 24 heavy (non-hydrogen) atoms. The second-order valence-electron chi connectivity index (χ2n) is 5.96. The molecule has 6 heteroatoms. The van der Waals surface area contributed by atoms with E-state index < -0.39 is 0 Å². The van der Waals surface area contributed by atoms with E-state index in [0.717, 1.165) is 25.8 Å². The van der Waals surface area contributed by atoms with Crippen LogP contribution >= 0.6 is 0 Å².